The van der Waals surface area contributed by atoms with Crippen molar-refractivity contribution in [2.75, 3.05) is 46.4 Å². The zero-order valence-electron chi connectivity index (χ0n) is 18.7. The van der Waals surface area contributed by atoms with Gasteiger partial charge in [-0.2, -0.15) is 5.26 Å². The number of hydrogen-bond acceptors (Lipinski definition) is 5. The van der Waals surface area contributed by atoms with Gasteiger partial charge in [0.2, 0.25) is 0 Å². The molecule has 33 heavy (non-hydrogen) atoms. The molecule has 0 bridgehead atoms. The Morgan fingerprint density at radius 3 is 2.21 bits per heavy atom. The van der Waals surface area contributed by atoms with E-state index in [1.165, 1.54) is 0 Å². The first-order chi connectivity index (χ1) is 16.2. The number of rotatable bonds is 7. The van der Waals surface area contributed by atoms with E-state index in [-0.39, 0.29) is 5.91 Å². The molecule has 0 unspecified atom stereocenters. The molecular formula is C27H27N3O3. The molecule has 1 fully saturated rings. The van der Waals surface area contributed by atoms with Crippen molar-refractivity contribution >= 4 is 5.91 Å². The van der Waals surface area contributed by atoms with Crippen LogP contribution in [0.3, 0.4) is 0 Å². The van der Waals surface area contributed by atoms with E-state index in [4.69, 9.17) is 9.47 Å². The summed E-state index contributed by atoms with van der Waals surface area (Å²) in [5.41, 5.74) is 2.80. The Balaban J connectivity index is 1.34. The summed E-state index contributed by atoms with van der Waals surface area (Å²) in [6, 6.07) is 24.7. The topological polar surface area (TPSA) is 65.8 Å². The van der Waals surface area contributed by atoms with E-state index in [1.807, 2.05) is 71.6 Å². The summed E-state index contributed by atoms with van der Waals surface area (Å²) in [7, 11) is 1.64. The van der Waals surface area contributed by atoms with Gasteiger partial charge in [0.25, 0.3) is 5.91 Å². The fraction of sp³-hybridized carbons (Fsp3) is 0.259. The first-order valence-corrected chi connectivity index (χ1v) is 11.1. The Bertz CT molecular complexity index is 1130. The second kappa shape index (κ2) is 10.7. The van der Waals surface area contributed by atoms with Crippen molar-refractivity contribution in [3.05, 3.63) is 83.9 Å². The Labute approximate surface area is 194 Å². The van der Waals surface area contributed by atoms with E-state index < -0.39 is 0 Å². The Hall–Kier alpha value is -3.82. The van der Waals surface area contributed by atoms with Crippen LogP contribution in [0.15, 0.2) is 72.8 Å². The highest BCUT2D eigenvalue weighted by molar-refractivity contribution is 6.01. The number of carbonyl (C=O) groups is 1. The number of nitriles is 1. The second-order valence-electron chi connectivity index (χ2n) is 7.86. The van der Waals surface area contributed by atoms with Gasteiger partial charge in [-0.3, -0.25) is 9.69 Å². The van der Waals surface area contributed by atoms with Crippen LogP contribution < -0.4 is 9.47 Å². The fourth-order valence-electron chi connectivity index (χ4n) is 4.03. The molecule has 0 saturated carbocycles. The van der Waals surface area contributed by atoms with Gasteiger partial charge in [0.05, 0.1) is 18.7 Å². The minimum atomic E-state index is 0.00692. The molecule has 6 heteroatoms. The summed E-state index contributed by atoms with van der Waals surface area (Å²) in [5, 5.41) is 9.49. The molecule has 0 aliphatic carbocycles. The summed E-state index contributed by atoms with van der Waals surface area (Å²) < 4.78 is 11.0. The molecule has 1 heterocycles. The zero-order valence-corrected chi connectivity index (χ0v) is 18.7. The summed E-state index contributed by atoms with van der Waals surface area (Å²) in [6.45, 7) is 4.32. The van der Waals surface area contributed by atoms with Crippen LogP contribution in [0.5, 0.6) is 11.5 Å². The predicted octanol–water partition coefficient (Wildman–Crippen LogP) is 4.07. The van der Waals surface area contributed by atoms with Crippen molar-refractivity contribution in [3.8, 4) is 28.7 Å². The molecule has 0 aromatic heterocycles. The van der Waals surface area contributed by atoms with Gasteiger partial charge in [-0.15, -0.1) is 0 Å². The summed E-state index contributed by atoms with van der Waals surface area (Å²) >= 11 is 0. The van der Waals surface area contributed by atoms with Crippen LogP contribution in [0.2, 0.25) is 0 Å². The first-order valence-electron chi connectivity index (χ1n) is 11.1. The zero-order chi connectivity index (χ0) is 23.0. The molecule has 0 radical (unpaired) electrons. The molecule has 168 valence electrons. The highest BCUT2D eigenvalue weighted by Gasteiger charge is 2.24. The van der Waals surface area contributed by atoms with Gasteiger partial charge in [-0.25, -0.2) is 0 Å². The molecular weight excluding hydrogens is 414 g/mol. The van der Waals surface area contributed by atoms with Gasteiger partial charge >= 0.3 is 0 Å². The van der Waals surface area contributed by atoms with Crippen LogP contribution in [0.25, 0.3) is 11.1 Å². The lowest BCUT2D eigenvalue weighted by atomic mass is 9.95. The number of amides is 1. The average molecular weight is 442 g/mol. The van der Waals surface area contributed by atoms with Crippen LogP contribution >= 0.6 is 0 Å². The normalized spacial score (nSPS) is 13.9. The molecule has 3 aromatic rings. The highest BCUT2D eigenvalue weighted by atomic mass is 16.5. The van der Waals surface area contributed by atoms with Crippen molar-refractivity contribution in [1.82, 2.24) is 9.80 Å². The van der Waals surface area contributed by atoms with Crippen molar-refractivity contribution in [2.24, 2.45) is 0 Å². The smallest absolute Gasteiger partial charge is 0.254 e. The van der Waals surface area contributed by atoms with Gasteiger partial charge in [-0.05, 0) is 42.0 Å². The van der Waals surface area contributed by atoms with E-state index in [1.54, 1.807) is 13.2 Å². The van der Waals surface area contributed by atoms with Crippen molar-refractivity contribution in [1.29, 1.82) is 5.26 Å². The van der Waals surface area contributed by atoms with Crippen LogP contribution in [0, 0.1) is 11.3 Å². The number of carbonyl (C=O) groups excluding carboxylic acids is 1. The monoisotopic (exact) mass is 441 g/mol. The number of hydrogen-bond donors (Lipinski definition) is 0. The predicted molar refractivity (Wildman–Crippen MR) is 127 cm³/mol. The third-order valence-electron chi connectivity index (χ3n) is 5.89. The third kappa shape index (κ3) is 5.33. The van der Waals surface area contributed by atoms with Crippen molar-refractivity contribution in [2.45, 2.75) is 0 Å². The molecule has 6 nitrogen and oxygen atoms in total. The second-order valence-corrected chi connectivity index (χ2v) is 7.86. The molecule has 0 atom stereocenters. The van der Waals surface area contributed by atoms with Crippen molar-refractivity contribution in [3.63, 3.8) is 0 Å². The van der Waals surface area contributed by atoms with Gasteiger partial charge < -0.3 is 14.4 Å². The van der Waals surface area contributed by atoms with Gasteiger partial charge in [0.1, 0.15) is 18.1 Å². The minimum Gasteiger partial charge on any atom is -0.497 e. The molecule has 1 amide bonds. The summed E-state index contributed by atoms with van der Waals surface area (Å²) in [6.07, 6.45) is 0. The molecule has 1 aliphatic rings. The number of ether oxygens (including phenoxy) is 2. The van der Waals surface area contributed by atoms with Crippen molar-refractivity contribution < 1.29 is 14.3 Å². The van der Waals surface area contributed by atoms with Crippen LogP contribution in [0.1, 0.15) is 15.9 Å². The maximum absolute atomic E-state index is 13.3. The minimum absolute atomic E-state index is 0.00692. The van der Waals surface area contributed by atoms with E-state index in [9.17, 15) is 10.1 Å². The van der Waals surface area contributed by atoms with Crippen LogP contribution in [0.4, 0.5) is 0 Å². The molecule has 1 saturated heterocycles. The Kier molecular flexibility index (Phi) is 7.23. The van der Waals surface area contributed by atoms with Gasteiger partial charge in [0.15, 0.2) is 0 Å². The third-order valence-corrected chi connectivity index (χ3v) is 5.89. The number of nitrogens with zero attached hydrogens (tertiary/aromatic N) is 3. The molecule has 4 rings (SSSR count). The molecule has 0 spiro atoms. The lowest BCUT2D eigenvalue weighted by Crippen LogP contribution is -2.49. The average Bonchev–Trinajstić information content (AvgIpc) is 2.89. The molecule has 3 aromatic carbocycles. The number of piperazine rings is 1. The first kappa shape index (κ1) is 22.4. The number of benzene rings is 3. The maximum Gasteiger partial charge on any atom is 0.254 e. The number of methoxy groups -OCH3 is 1. The van der Waals surface area contributed by atoms with Crippen LogP contribution in [-0.4, -0.2) is 62.1 Å². The van der Waals surface area contributed by atoms with E-state index in [0.29, 0.717) is 30.8 Å². The molecule has 0 N–H and O–H groups in total. The Morgan fingerprint density at radius 1 is 0.879 bits per heavy atom. The van der Waals surface area contributed by atoms with E-state index in [2.05, 4.69) is 11.0 Å². The summed E-state index contributed by atoms with van der Waals surface area (Å²) in [5.74, 6) is 1.63. The van der Waals surface area contributed by atoms with E-state index >= 15 is 0 Å². The lowest BCUT2D eigenvalue weighted by Gasteiger charge is -2.35. The maximum atomic E-state index is 13.3. The highest BCUT2D eigenvalue weighted by Crippen LogP contribution is 2.28. The summed E-state index contributed by atoms with van der Waals surface area (Å²) in [4.78, 5) is 17.5. The Morgan fingerprint density at radius 2 is 1.52 bits per heavy atom. The SMILES string of the molecule is COc1ccc(OCCN2CCN(C(=O)c3ccccc3-c3ccccc3C#N)CC2)cc1. The van der Waals surface area contributed by atoms with Gasteiger partial charge in [-0.1, -0.05) is 36.4 Å². The van der Waals surface area contributed by atoms with Gasteiger partial charge in [0, 0.05) is 43.9 Å². The lowest BCUT2D eigenvalue weighted by molar-refractivity contribution is 0.0621. The van der Waals surface area contributed by atoms with Crippen LogP contribution in [-0.2, 0) is 0 Å². The standard InChI is InChI=1S/C27H27N3O3/c1-32-22-10-12-23(13-11-22)33-19-18-29-14-16-30(17-15-29)27(31)26-9-5-4-8-25(26)24-7-3-2-6-21(24)20-28/h2-13H,14-19H2,1H3. The quantitative estimate of drug-likeness (QED) is 0.553. The fourth-order valence-corrected chi connectivity index (χ4v) is 4.03. The van der Waals surface area contributed by atoms with E-state index in [0.717, 1.165) is 42.3 Å². The molecule has 1 aliphatic heterocycles. The largest absolute Gasteiger partial charge is 0.497 e.